The molecule has 0 bridgehead atoms. The molecule has 3 N–H and O–H groups in total. The lowest BCUT2D eigenvalue weighted by Gasteiger charge is -2.23. The number of carboxylic acids is 1. The summed E-state index contributed by atoms with van der Waals surface area (Å²) < 4.78 is 0. The number of amides is 3. The molecule has 0 heterocycles. The summed E-state index contributed by atoms with van der Waals surface area (Å²) in [5, 5.41) is 14.9. The van der Waals surface area contributed by atoms with Gasteiger partial charge in [-0.3, -0.25) is 19.2 Å². The SMILES string of the molecule is CCCCCCCCCCCCCCCCCC(=O)NCCN(CCNC(=O)CCCCCCCCCCCCCCCCC)C(=O)CCCCCCCC(=O)O. The van der Waals surface area contributed by atoms with E-state index in [9.17, 15) is 19.2 Å². The van der Waals surface area contributed by atoms with Crippen LogP contribution in [0.2, 0.25) is 0 Å². The number of nitrogens with zero attached hydrogens (tertiary/aromatic N) is 1. The molecule has 0 radical (unpaired) electrons. The van der Waals surface area contributed by atoms with Gasteiger partial charge in [0.05, 0.1) is 0 Å². The number of aliphatic carboxylic acids is 1. The first kappa shape index (κ1) is 54.9. The Labute approximate surface area is 353 Å². The van der Waals surface area contributed by atoms with Gasteiger partial charge in [-0.25, -0.2) is 0 Å². The fraction of sp³-hybridized carbons (Fsp3) is 0.918. The van der Waals surface area contributed by atoms with Crippen LogP contribution >= 0.6 is 0 Å². The summed E-state index contributed by atoms with van der Waals surface area (Å²) in [7, 11) is 0. The van der Waals surface area contributed by atoms with Crippen LogP contribution in [0.5, 0.6) is 0 Å². The molecule has 0 saturated heterocycles. The number of hydrogen-bond acceptors (Lipinski definition) is 4. The number of hydrogen-bond donors (Lipinski definition) is 3. The standard InChI is InChI=1S/C49H95N3O5/c1-3-5-7-9-11-13-15-17-19-21-23-25-27-30-34-38-46(53)50-42-44-52(48(55)40-36-32-29-33-37-41-49(56)57)45-43-51-47(54)39-35-31-28-26-24-22-20-18-16-14-12-10-8-6-4-2/h3-45H2,1-2H3,(H,50,53)(H,51,54)(H,56,57). The molecule has 57 heavy (non-hydrogen) atoms. The largest absolute Gasteiger partial charge is 0.481 e. The molecule has 0 fully saturated rings. The van der Waals surface area contributed by atoms with Crippen molar-refractivity contribution < 1.29 is 24.3 Å². The minimum absolute atomic E-state index is 0.0499. The summed E-state index contributed by atoms with van der Waals surface area (Å²) in [4.78, 5) is 50.8. The number of unbranched alkanes of at least 4 members (excludes halogenated alkanes) is 32. The molecule has 0 saturated carbocycles. The Bertz CT molecular complexity index is 861. The van der Waals surface area contributed by atoms with Crippen LogP contribution in [-0.2, 0) is 19.2 Å². The Hall–Kier alpha value is -2.12. The van der Waals surface area contributed by atoms with E-state index in [1.165, 1.54) is 167 Å². The maximum atomic E-state index is 13.2. The van der Waals surface area contributed by atoms with E-state index in [1.54, 1.807) is 4.90 Å². The van der Waals surface area contributed by atoms with Gasteiger partial charge in [-0.15, -0.1) is 0 Å². The van der Waals surface area contributed by atoms with Crippen molar-refractivity contribution >= 4 is 23.7 Å². The summed E-state index contributed by atoms with van der Waals surface area (Å²) in [6, 6.07) is 0. The van der Waals surface area contributed by atoms with Crippen molar-refractivity contribution in [2.45, 2.75) is 264 Å². The smallest absolute Gasteiger partial charge is 0.303 e. The molecule has 0 aliphatic carbocycles. The Morgan fingerprint density at radius 2 is 0.596 bits per heavy atom. The summed E-state index contributed by atoms with van der Waals surface area (Å²) in [5.74, 6) is -0.607. The van der Waals surface area contributed by atoms with E-state index < -0.39 is 5.97 Å². The average molecular weight is 806 g/mol. The second-order valence-corrected chi connectivity index (χ2v) is 17.1. The topological polar surface area (TPSA) is 116 Å². The maximum absolute atomic E-state index is 13.2. The molecule has 0 rings (SSSR count). The highest BCUT2D eigenvalue weighted by Gasteiger charge is 2.14. The second kappa shape index (κ2) is 45.0. The van der Waals surface area contributed by atoms with Gasteiger partial charge in [-0.1, -0.05) is 213 Å². The van der Waals surface area contributed by atoms with Crippen LogP contribution in [0.15, 0.2) is 0 Å². The summed E-state index contributed by atoms with van der Waals surface area (Å²) in [5.41, 5.74) is 0. The van der Waals surface area contributed by atoms with Crippen LogP contribution in [-0.4, -0.2) is 59.9 Å². The van der Waals surface area contributed by atoms with Crippen LogP contribution in [0, 0.1) is 0 Å². The van der Waals surface area contributed by atoms with Crippen LogP contribution in [0.4, 0.5) is 0 Å². The molecule has 0 unspecified atom stereocenters. The Morgan fingerprint density at radius 1 is 0.351 bits per heavy atom. The molecule has 336 valence electrons. The van der Waals surface area contributed by atoms with Crippen molar-refractivity contribution in [1.29, 1.82) is 0 Å². The van der Waals surface area contributed by atoms with E-state index in [1.807, 2.05) is 0 Å². The molecule has 3 amide bonds. The normalized spacial score (nSPS) is 11.2. The number of rotatable bonds is 46. The van der Waals surface area contributed by atoms with E-state index in [2.05, 4.69) is 24.5 Å². The average Bonchev–Trinajstić information content (AvgIpc) is 3.19. The summed E-state index contributed by atoms with van der Waals surface area (Å²) >= 11 is 0. The van der Waals surface area contributed by atoms with E-state index >= 15 is 0 Å². The lowest BCUT2D eigenvalue weighted by Crippen LogP contribution is -2.42. The predicted molar refractivity (Wildman–Crippen MR) is 242 cm³/mol. The van der Waals surface area contributed by atoms with Gasteiger partial charge >= 0.3 is 5.97 Å². The molecule has 0 aliphatic rings. The van der Waals surface area contributed by atoms with Crippen LogP contribution < -0.4 is 10.6 Å². The highest BCUT2D eigenvalue weighted by molar-refractivity contribution is 5.78. The van der Waals surface area contributed by atoms with Gasteiger partial charge in [0.1, 0.15) is 0 Å². The van der Waals surface area contributed by atoms with Crippen LogP contribution in [0.1, 0.15) is 264 Å². The summed E-state index contributed by atoms with van der Waals surface area (Å²) in [6.07, 6.45) is 44.9. The Balaban J connectivity index is 4.17. The third-order valence-corrected chi connectivity index (χ3v) is 11.6. The quantitative estimate of drug-likeness (QED) is 0.0530. The zero-order chi connectivity index (χ0) is 41.7. The van der Waals surface area contributed by atoms with Gasteiger partial charge in [0.25, 0.3) is 0 Å². The van der Waals surface area contributed by atoms with E-state index in [-0.39, 0.29) is 24.1 Å². The van der Waals surface area contributed by atoms with Crippen molar-refractivity contribution in [3.05, 3.63) is 0 Å². The van der Waals surface area contributed by atoms with Gasteiger partial charge in [0, 0.05) is 51.9 Å². The number of carboxylic acid groups (broad SMARTS) is 1. The van der Waals surface area contributed by atoms with Crippen LogP contribution in [0.25, 0.3) is 0 Å². The van der Waals surface area contributed by atoms with Gasteiger partial charge in [-0.05, 0) is 25.7 Å². The molecular weight excluding hydrogens is 711 g/mol. The van der Waals surface area contributed by atoms with Gasteiger partial charge in [-0.2, -0.15) is 0 Å². The van der Waals surface area contributed by atoms with Crippen molar-refractivity contribution in [1.82, 2.24) is 15.5 Å². The lowest BCUT2D eigenvalue weighted by molar-refractivity contribution is -0.137. The van der Waals surface area contributed by atoms with E-state index in [0.717, 1.165) is 51.4 Å². The molecule has 0 spiro atoms. The zero-order valence-electron chi connectivity index (χ0n) is 37.9. The number of carbonyl (C=O) groups excluding carboxylic acids is 3. The second-order valence-electron chi connectivity index (χ2n) is 17.1. The van der Waals surface area contributed by atoms with Gasteiger partial charge in [0.2, 0.25) is 17.7 Å². The third-order valence-electron chi connectivity index (χ3n) is 11.6. The monoisotopic (exact) mass is 806 g/mol. The maximum Gasteiger partial charge on any atom is 0.303 e. The molecular formula is C49H95N3O5. The van der Waals surface area contributed by atoms with Crippen molar-refractivity contribution in [3.8, 4) is 0 Å². The Kier molecular flexibility index (Phi) is 43.3. The minimum atomic E-state index is -0.760. The van der Waals surface area contributed by atoms with Crippen molar-refractivity contribution in [2.24, 2.45) is 0 Å². The molecule has 0 aromatic carbocycles. The number of carbonyl (C=O) groups is 4. The number of nitrogens with one attached hydrogen (secondary N) is 2. The zero-order valence-corrected chi connectivity index (χ0v) is 37.9. The predicted octanol–water partition coefficient (Wildman–Crippen LogP) is 13.4. The lowest BCUT2D eigenvalue weighted by atomic mass is 10.0. The van der Waals surface area contributed by atoms with Gasteiger partial charge in [0.15, 0.2) is 0 Å². The highest BCUT2D eigenvalue weighted by Crippen LogP contribution is 2.16. The molecule has 0 aromatic rings. The third kappa shape index (κ3) is 43.3. The fourth-order valence-corrected chi connectivity index (χ4v) is 7.75. The molecule has 0 aliphatic heterocycles. The molecule has 0 aromatic heterocycles. The molecule has 8 nitrogen and oxygen atoms in total. The first-order valence-electron chi connectivity index (χ1n) is 24.9. The van der Waals surface area contributed by atoms with E-state index in [4.69, 9.17) is 5.11 Å². The molecule has 0 atom stereocenters. The fourth-order valence-electron chi connectivity index (χ4n) is 7.75. The Morgan fingerprint density at radius 3 is 0.877 bits per heavy atom. The van der Waals surface area contributed by atoms with Gasteiger partial charge < -0.3 is 20.6 Å². The van der Waals surface area contributed by atoms with Crippen LogP contribution in [0.3, 0.4) is 0 Å². The minimum Gasteiger partial charge on any atom is -0.481 e. The first-order chi connectivity index (χ1) is 27.9. The highest BCUT2D eigenvalue weighted by atomic mass is 16.4. The van der Waals surface area contributed by atoms with Crippen molar-refractivity contribution in [2.75, 3.05) is 26.2 Å². The summed E-state index contributed by atoms with van der Waals surface area (Å²) in [6.45, 7) is 6.27. The van der Waals surface area contributed by atoms with E-state index in [0.29, 0.717) is 51.9 Å². The molecule has 8 heteroatoms. The first-order valence-corrected chi connectivity index (χ1v) is 24.9. The van der Waals surface area contributed by atoms with Crippen molar-refractivity contribution in [3.63, 3.8) is 0 Å².